The molecule has 0 fully saturated rings. The van der Waals surface area contributed by atoms with E-state index in [0.717, 1.165) is 10.9 Å². The molecule has 1 heterocycles. The SMILES string of the molecule is COc1c(Cl)ncn(CC(F)(F)c2ccccc2)c1=O. The lowest BCUT2D eigenvalue weighted by molar-refractivity contribution is -0.0235. The monoisotopic (exact) mass is 300 g/mol. The van der Waals surface area contributed by atoms with Gasteiger partial charge in [0.05, 0.1) is 20.0 Å². The zero-order valence-electron chi connectivity index (χ0n) is 10.5. The largest absolute Gasteiger partial charge is 0.489 e. The third-order valence-electron chi connectivity index (χ3n) is 2.72. The number of hydrogen-bond donors (Lipinski definition) is 0. The summed E-state index contributed by atoms with van der Waals surface area (Å²) in [6.45, 7) is -0.837. The molecule has 0 unspecified atom stereocenters. The third kappa shape index (κ3) is 2.80. The standard InChI is InChI=1S/C13H11ClF2N2O2/c1-20-10-11(14)17-8-18(12(10)19)7-13(15,16)9-5-3-2-4-6-9/h2-6,8H,7H2,1H3. The van der Waals surface area contributed by atoms with Crippen molar-refractivity contribution in [3.63, 3.8) is 0 Å². The highest BCUT2D eigenvalue weighted by Crippen LogP contribution is 2.29. The van der Waals surface area contributed by atoms with Crippen molar-refractivity contribution in [2.24, 2.45) is 0 Å². The van der Waals surface area contributed by atoms with Crippen molar-refractivity contribution >= 4 is 11.6 Å². The van der Waals surface area contributed by atoms with Gasteiger partial charge in [-0.2, -0.15) is 8.78 Å². The van der Waals surface area contributed by atoms with Crippen LogP contribution in [0.25, 0.3) is 0 Å². The van der Waals surface area contributed by atoms with Gasteiger partial charge in [-0.3, -0.25) is 9.36 Å². The molecule has 0 aliphatic carbocycles. The van der Waals surface area contributed by atoms with Crippen LogP contribution in [-0.2, 0) is 12.5 Å². The summed E-state index contributed by atoms with van der Waals surface area (Å²) < 4.78 is 33.7. The van der Waals surface area contributed by atoms with Gasteiger partial charge >= 0.3 is 0 Å². The molecular weight excluding hydrogens is 290 g/mol. The maximum Gasteiger partial charge on any atom is 0.297 e. The van der Waals surface area contributed by atoms with Crippen molar-refractivity contribution in [2.45, 2.75) is 12.5 Å². The molecule has 4 nitrogen and oxygen atoms in total. The Hall–Kier alpha value is -1.95. The van der Waals surface area contributed by atoms with E-state index in [4.69, 9.17) is 16.3 Å². The third-order valence-corrected chi connectivity index (χ3v) is 2.99. The molecule has 0 amide bonds. The predicted octanol–water partition coefficient (Wildman–Crippen LogP) is 2.70. The molecule has 0 atom stereocenters. The minimum Gasteiger partial charge on any atom is -0.489 e. The lowest BCUT2D eigenvalue weighted by atomic mass is 10.1. The summed E-state index contributed by atoms with van der Waals surface area (Å²) in [4.78, 5) is 15.6. The highest BCUT2D eigenvalue weighted by molar-refractivity contribution is 6.30. The van der Waals surface area contributed by atoms with Crippen molar-refractivity contribution in [3.8, 4) is 5.75 Å². The molecule has 0 aliphatic rings. The summed E-state index contributed by atoms with van der Waals surface area (Å²) in [5.41, 5.74) is -0.927. The maximum absolute atomic E-state index is 14.1. The molecule has 0 spiro atoms. The van der Waals surface area contributed by atoms with E-state index in [1.165, 1.54) is 31.4 Å². The second-order valence-corrected chi connectivity index (χ2v) is 4.43. The first-order valence-electron chi connectivity index (χ1n) is 5.68. The number of nitrogens with zero attached hydrogens (tertiary/aromatic N) is 2. The number of rotatable bonds is 4. The summed E-state index contributed by atoms with van der Waals surface area (Å²) in [6.07, 6.45) is 0.976. The molecule has 0 radical (unpaired) electrons. The Morgan fingerprint density at radius 2 is 2.00 bits per heavy atom. The van der Waals surface area contributed by atoms with Crippen molar-refractivity contribution in [1.82, 2.24) is 9.55 Å². The molecule has 0 N–H and O–H groups in total. The first-order chi connectivity index (χ1) is 9.45. The number of benzene rings is 1. The van der Waals surface area contributed by atoms with Crippen LogP contribution in [0.4, 0.5) is 8.78 Å². The quantitative estimate of drug-likeness (QED) is 0.816. The molecule has 2 aromatic rings. The maximum atomic E-state index is 14.1. The van der Waals surface area contributed by atoms with E-state index >= 15 is 0 Å². The van der Waals surface area contributed by atoms with Gasteiger partial charge in [-0.05, 0) is 0 Å². The fourth-order valence-corrected chi connectivity index (χ4v) is 1.92. The van der Waals surface area contributed by atoms with Gasteiger partial charge in [0.1, 0.15) is 0 Å². The number of ether oxygens (including phenoxy) is 1. The number of methoxy groups -OCH3 is 1. The van der Waals surface area contributed by atoms with Gasteiger partial charge in [-0.15, -0.1) is 0 Å². The minimum atomic E-state index is -3.20. The van der Waals surface area contributed by atoms with Crippen LogP contribution in [0.2, 0.25) is 5.15 Å². The Balaban J connectivity index is 2.38. The zero-order chi connectivity index (χ0) is 14.8. The molecule has 20 heavy (non-hydrogen) atoms. The van der Waals surface area contributed by atoms with Gasteiger partial charge in [0.25, 0.3) is 11.5 Å². The van der Waals surface area contributed by atoms with Crippen LogP contribution in [0.5, 0.6) is 5.75 Å². The summed E-state index contributed by atoms with van der Waals surface area (Å²) >= 11 is 5.65. The fourth-order valence-electron chi connectivity index (χ4n) is 1.72. The molecule has 0 aliphatic heterocycles. The molecule has 106 valence electrons. The van der Waals surface area contributed by atoms with Crippen LogP contribution in [0.1, 0.15) is 5.56 Å². The van der Waals surface area contributed by atoms with Crippen molar-refractivity contribution in [1.29, 1.82) is 0 Å². The lowest BCUT2D eigenvalue weighted by Crippen LogP contribution is -2.30. The molecule has 0 bridgehead atoms. The summed E-state index contributed by atoms with van der Waals surface area (Å²) in [6, 6.07) is 7.25. The summed E-state index contributed by atoms with van der Waals surface area (Å²) in [5.74, 6) is -3.45. The van der Waals surface area contributed by atoms with Crippen LogP contribution in [0.15, 0.2) is 41.5 Å². The normalized spacial score (nSPS) is 11.4. The van der Waals surface area contributed by atoms with Crippen LogP contribution >= 0.6 is 11.6 Å². The van der Waals surface area contributed by atoms with Crippen LogP contribution < -0.4 is 10.3 Å². The second-order valence-electron chi connectivity index (χ2n) is 4.07. The minimum absolute atomic E-state index is 0.156. The average molecular weight is 301 g/mol. The Morgan fingerprint density at radius 3 is 2.60 bits per heavy atom. The topological polar surface area (TPSA) is 44.1 Å². The summed E-state index contributed by atoms with van der Waals surface area (Å²) in [5, 5.41) is -0.156. The molecule has 1 aromatic carbocycles. The van der Waals surface area contributed by atoms with Crippen molar-refractivity contribution < 1.29 is 13.5 Å². The van der Waals surface area contributed by atoms with Crippen molar-refractivity contribution in [2.75, 3.05) is 7.11 Å². The number of hydrogen-bond acceptors (Lipinski definition) is 3. The first kappa shape index (κ1) is 14.5. The average Bonchev–Trinajstić information content (AvgIpc) is 2.44. The second kappa shape index (κ2) is 5.58. The molecular formula is C13H11ClF2N2O2. The van der Waals surface area contributed by atoms with E-state index in [2.05, 4.69) is 4.98 Å². The number of alkyl halides is 2. The van der Waals surface area contributed by atoms with Crippen LogP contribution in [0, 0.1) is 0 Å². The molecule has 1 aromatic heterocycles. The van der Waals surface area contributed by atoms with Gasteiger partial charge in [-0.1, -0.05) is 41.9 Å². The van der Waals surface area contributed by atoms with E-state index in [0.29, 0.717) is 0 Å². The lowest BCUT2D eigenvalue weighted by Gasteiger charge is -2.18. The Labute approximate surface area is 118 Å². The van der Waals surface area contributed by atoms with E-state index in [1.54, 1.807) is 6.07 Å². The molecule has 0 saturated heterocycles. The first-order valence-corrected chi connectivity index (χ1v) is 6.06. The van der Waals surface area contributed by atoms with Crippen molar-refractivity contribution in [3.05, 3.63) is 57.7 Å². The fraction of sp³-hybridized carbons (Fsp3) is 0.231. The van der Waals surface area contributed by atoms with Crippen LogP contribution in [0.3, 0.4) is 0 Å². The Kier molecular flexibility index (Phi) is 4.04. The van der Waals surface area contributed by atoms with E-state index in [9.17, 15) is 13.6 Å². The van der Waals surface area contributed by atoms with Gasteiger partial charge in [0.2, 0.25) is 5.75 Å². The van der Waals surface area contributed by atoms with Gasteiger partial charge in [-0.25, -0.2) is 4.98 Å². The smallest absolute Gasteiger partial charge is 0.297 e. The molecule has 0 saturated carbocycles. The van der Waals surface area contributed by atoms with E-state index in [1.807, 2.05) is 0 Å². The molecule has 2 rings (SSSR count). The Bertz CT molecular complexity index is 659. The Morgan fingerprint density at radius 1 is 1.35 bits per heavy atom. The van der Waals surface area contributed by atoms with E-state index < -0.39 is 18.0 Å². The van der Waals surface area contributed by atoms with Gasteiger partial charge in [0, 0.05) is 5.56 Å². The molecule has 7 heteroatoms. The highest BCUT2D eigenvalue weighted by atomic mass is 35.5. The number of aromatic nitrogens is 2. The zero-order valence-corrected chi connectivity index (χ0v) is 11.3. The number of halogens is 3. The van der Waals surface area contributed by atoms with Gasteiger partial charge in [0.15, 0.2) is 5.15 Å². The summed E-state index contributed by atoms with van der Waals surface area (Å²) in [7, 11) is 1.23. The van der Waals surface area contributed by atoms with Crippen LogP contribution in [-0.4, -0.2) is 16.7 Å². The van der Waals surface area contributed by atoms with Gasteiger partial charge < -0.3 is 4.74 Å². The highest BCUT2D eigenvalue weighted by Gasteiger charge is 2.32. The predicted molar refractivity (Wildman–Crippen MR) is 70.4 cm³/mol. The van der Waals surface area contributed by atoms with E-state index in [-0.39, 0.29) is 16.5 Å².